The van der Waals surface area contributed by atoms with Gasteiger partial charge in [-0.2, -0.15) is 14.5 Å². The first-order chi connectivity index (χ1) is 11.9. The molecule has 3 aromatic rings. The highest BCUT2D eigenvalue weighted by Gasteiger charge is 2.28. The smallest absolute Gasteiger partial charge is 0.214 e. The fourth-order valence-corrected chi connectivity index (χ4v) is 4.30. The number of imidazole rings is 1. The maximum Gasteiger partial charge on any atom is 0.214 e. The van der Waals surface area contributed by atoms with Gasteiger partial charge in [-0.15, -0.1) is 0 Å². The lowest BCUT2D eigenvalue weighted by Crippen LogP contribution is -2.25. The lowest BCUT2D eigenvalue weighted by molar-refractivity contribution is 0.433. The zero-order chi connectivity index (χ0) is 17.6. The average Bonchev–Trinajstić information content (AvgIpc) is 3.11. The van der Waals surface area contributed by atoms with Gasteiger partial charge in [-0.05, 0) is 12.5 Å². The van der Waals surface area contributed by atoms with E-state index in [-0.39, 0.29) is 17.8 Å². The molecule has 3 heterocycles. The zero-order valence-corrected chi connectivity index (χ0v) is 13.7. The van der Waals surface area contributed by atoms with E-state index in [0.29, 0.717) is 35.6 Å². The van der Waals surface area contributed by atoms with Crippen LogP contribution in [0.2, 0.25) is 0 Å². The average molecular weight is 365 g/mol. The summed E-state index contributed by atoms with van der Waals surface area (Å²) in [6, 6.07) is 3.70. The first kappa shape index (κ1) is 16.0. The van der Waals surface area contributed by atoms with Gasteiger partial charge in [0, 0.05) is 24.2 Å². The summed E-state index contributed by atoms with van der Waals surface area (Å²) in [5.41, 5.74) is 1.67. The van der Waals surface area contributed by atoms with Gasteiger partial charge in [0.05, 0.1) is 35.2 Å². The Labute approximate surface area is 141 Å². The Morgan fingerprint density at radius 2 is 2.00 bits per heavy atom. The summed E-state index contributed by atoms with van der Waals surface area (Å²) >= 11 is 0. The molecular weight excluding hydrogens is 352 g/mol. The highest BCUT2D eigenvalue weighted by atomic mass is 32.2. The topological polar surface area (TPSA) is 91.8 Å². The number of hydrogen-bond acceptors (Lipinski definition) is 5. The van der Waals surface area contributed by atoms with Crippen molar-refractivity contribution in [3.05, 3.63) is 41.7 Å². The molecule has 0 atom stereocenters. The van der Waals surface area contributed by atoms with Crippen molar-refractivity contribution in [3.8, 4) is 11.4 Å². The van der Waals surface area contributed by atoms with Crippen LogP contribution in [0, 0.1) is 11.6 Å². The van der Waals surface area contributed by atoms with Gasteiger partial charge in [0.2, 0.25) is 10.0 Å². The number of halogens is 2. The number of nitrogens with zero attached hydrogens (tertiary/aromatic N) is 4. The van der Waals surface area contributed by atoms with Crippen molar-refractivity contribution >= 4 is 21.1 Å². The molecule has 1 N–H and O–H groups in total. The van der Waals surface area contributed by atoms with E-state index in [2.05, 4.69) is 20.2 Å². The third-order valence-electron chi connectivity index (χ3n) is 4.04. The SMILES string of the molecule is O=S1(=O)CCCN1Cc1cc(-c2nc3cc(F)c(F)cc3[nH]2)cnn1. The molecule has 7 nitrogen and oxygen atoms in total. The molecule has 1 saturated heterocycles. The minimum Gasteiger partial charge on any atom is -0.338 e. The fourth-order valence-electron chi connectivity index (χ4n) is 2.81. The molecule has 0 aliphatic carbocycles. The van der Waals surface area contributed by atoms with Crippen molar-refractivity contribution in [2.24, 2.45) is 0 Å². The molecule has 0 bridgehead atoms. The van der Waals surface area contributed by atoms with Crippen molar-refractivity contribution in [1.29, 1.82) is 0 Å². The molecule has 1 fully saturated rings. The second-order valence-corrected chi connectivity index (χ2v) is 7.90. The van der Waals surface area contributed by atoms with E-state index in [4.69, 9.17) is 0 Å². The Morgan fingerprint density at radius 1 is 1.20 bits per heavy atom. The van der Waals surface area contributed by atoms with Crippen molar-refractivity contribution in [3.63, 3.8) is 0 Å². The predicted octanol–water partition coefficient (Wildman–Crippen LogP) is 1.83. The van der Waals surface area contributed by atoms with E-state index < -0.39 is 21.7 Å². The van der Waals surface area contributed by atoms with Gasteiger partial charge >= 0.3 is 0 Å². The van der Waals surface area contributed by atoms with E-state index in [9.17, 15) is 17.2 Å². The van der Waals surface area contributed by atoms with Crippen LogP contribution >= 0.6 is 0 Å². The minimum absolute atomic E-state index is 0.132. The molecule has 2 aromatic heterocycles. The van der Waals surface area contributed by atoms with Gasteiger partial charge in [-0.3, -0.25) is 0 Å². The Bertz CT molecular complexity index is 1030. The number of hydrogen-bond donors (Lipinski definition) is 1. The number of sulfonamides is 1. The summed E-state index contributed by atoms with van der Waals surface area (Å²) in [6.45, 7) is 0.587. The van der Waals surface area contributed by atoms with Crippen LogP contribution in [0.3, 0.4) is 0 Å². The van der Waals surface area contributed by atoms with Gasteiger partial charge in [-0.25, -0.2) is 22.2 Å². The Morgan fingerprint density at radius 3 is 2.76 bits per heavy atom. The monoisotopic (exact) mass is 365 g/mol. The van der Waals surface area contributed by atoms with Crippen LogP contribution in [0.4, 0.5) is 8.78 Å². The summed E-state index contributed by atoms with van der Waals surface area (Å²) in [7, 11) is -3.23. The largest absolute Gasteiger partial charge is 0.338 e. The standard InChI is InChI=1S/C15H13F2N5O2S/c16-11-5-13-14(6-12(11)17)20-15(19-13)9-4-10(21-18-7-9)8-22-2-1-3-25(22,23)24/h4-7H,1-3,8H2,(H,19,20). The van der Waals surface area contributed by atoms with Crippen molar-refractivity contribution in [2.45, 2.75) is 13.0 Å². The number of nitrogens with one attached hydrogen (secondary N) is 1. The predicted molar refractivity (Wildman–Crippen MR) is 85.8 cm³/mol. The van der Waals surface area contributed by atoms with E-state index in [1.54, 1.807) is 6.07 Å². The van der Waals surface area contributed by atoms with E-state index >= 15 is 0 Å². The number of rotatable bonds is 3. The molecule has 130 valence electrons. The molecule has 0 saturated carbocycles. The Kier molecular flexibility index (Phi) is 3.73. The quantitative estimate of drug-likeness (QED) is 0.765. The van der Waals surface area contributed by atoms with Gasteiger partial charge in [-0.1, -0.05) is 0 Å². The maximum absolute atomic E-state index is 13.3. The summed E-state index contributed by atoms with van der Waals surface area (Å²) in [5, 5.41) is 7.83. The first-order valence-corrected chi connectivity index (χ1v) is 9.18. The number of aromatic amines is 1. The van der Waals surface area contributed by atoms with E-state index in [1.807, 2.05) is 0 Å². The molecule has 4 rings (SSSR count). The van der Waals surface area contributed by atoms with Crippen LogP contribution in [-0.2, 0) is 16.6 Å². The molecular formula is C15H13F2N5O2S. The highest BCUT2D eigenvalue weighted by Crippen LogP contribution is 2.23. The molecule has 25 heavy (non-hydrogen) atoms. The molecule has 0 unspecified atom stereocenters. The lowest BCUT2D eigenvalue weighted by atomic mass is 10.2. The molecule has 1 aliphatic heterocycles. The molecule has 0 spiro atoms. The number of benzene rings is 1. The van der Waals surface area contributed by atoms with Gasteiger partial charge in [0.15, 0.2) is 11.6 Å². The van der Waals surface area contributed by atoms with Crippen LogP contribution in [0.1, 0.15) is 12.1 Å². The summed E-state index contributed by atoms with van der Waals surface area (Å²) in [5.74, 6) is -1.42. The Hall–Kier alpha value is -2.46. The minimum atomic E-state index is -3.23. The van der Waals surface area contributed by atoms with Crippen molar-refractivity contribution < 1.29 is 17.2 Å². The first-order valence-electron chi connectivity index (χ1n) is 7.57. The second kappa shape index (κ2) is 5.81. The summed E-state index contributed by atoms with van der Waals surface area (Å²) in [4.78, 5) is 7.12. The maximum atomic E-state index is 13.3. The zero-order valence-electron chi connectivity index (χ0n) is 12.9. The van der Waals surface area contributed by atoms with Crippen LogP contribution < -0.4 is 0 Å². The molecule has 0 amide bonds. The van der Waals surface area contributed by atoms with Crippen molar-refractivity contribution in [2.75, 3.05) is 12.3 Å². The van der Waals surface area contributed by atoms with Crippen molar-refractivity contribution in [1.82, 2.24) is 24.5 Å². The Balaban J connectivity index is 1.67. The number of aromatic nitrogens is 4. The normalized spacial score (nSPS) is 17.4. The molecule has 0 radical (unpaired) electrons. The lowest BCUT2D eigenvalue weighted by Gasteiger charge is -2.13. The van der Waals surface area contributed by atoms with Crippen LogP contribution in [-0.4, -0.2) is 45.2 Å². The third-order valence-corrected chi connectivity index (χ3v) is 5.95. The number of H-pyrrole nitrogens is 1. The van der Waals surface area contributed by atoms with Gasteiger partial charge in [0.25, 0.3) is 0 Å². The van der Waals surface area contributed by atoms with Crippen LogP contribution in [0.25, 0.3) is 22.4 Å². The second-order valence-electron chi connectivity index (χ2n) is 5.81. The third kappa shape index (κ3) is 2.98. The van der Waals surface area contributed by atoms with Gasteiger partial charge in [0.1, 0.15) is 5.82 Å². The summed E-state index contributed by atoms with van der Waals surface area (Å²) in [6.07, 6.45) is 2.04. The van der Waals surface area contributed by atoms with Crippen LogP contribution in [0.15, 0.2) is 24.4 Å². The van der Waals surface area contributed by atoms with Crippen LogP contribution in [0.5, 0.6) is 0 Å². The molecule has 1 aliphatic rings. The summed E-state index contributed by atoms with van der Waals surface area (Å²) < 4.78 is 51.8. The van der Waals surface area contributed by atoms with Gasteiger partial charge < -0.3 is 4.98 Å². The van der Waals surface area contributed by atoms with E-state index in [0.717, 1.165) is 12.1 Å². The van der Waals surface area contributed by atoms with E-state index in [1.165, 1.54) is 10.5 Å². The number of fused-ring (bicyclic) bond motifs is 1. The highest BCUT2D eigenvalue weighted by molar-refractivity contribution is 7.89. The fraction of sp³-hybridized carbons (Fsp3) is 0.267. The molecule has 10 heteroatoms. The molecule has 1 aromatic carbocycles.